The van der Waals surface area contributed by atoms with Gasteiger partial charge in [-0.25, -0.2) is 0 Å². The molecule has 0 radical (unpaired) electrons. The molecule has 1 unspecified atom stereocenters. The van der Waals surface area contributed by atoms with Crippen LogP contribution in [0.15, 0.2) is 4.52 Å². The maximum atomic E-state index is 11.6. The molecular formula is C15H26ClN5O2. The molecule has 1 atom stereocenters. The number of carbonyl (C=O) groups is 1. The van der Waals surface area contributed by atoms with Crippen molar-refractivity contribution in [2.45, 2.75) is 50.6 Å². The van der Waals surface area contributed by atoms with E-state index in [4.69, 9.17) is 4.52 Å². The summed E-state index contributed by atoms with van der Waals surface area (Å²) in [5.41, 5.74) is -0.476. The maximum Gasteiger partial charge on any atom is 0.252 e. The highest BCUT2D eigenvalue weighted by atomic mass is 35.5. The minimum absolute atomic E-state index is 0. The monoisotopic (exact) mass is 343 g/mol. The topological polar surface area (TPSA) is 83.3 Å². The third kappa shape index (κ3) is 3.84. The first-order chi connectivity index (χ1) is 10.6. The molecule has 0 aromatic carbocycles. The zero-order valence-electron chi connectivity index (χ0n) is 13.8. The lowest BCUT2D eigenvalue weighted by Crippen LogP contribution is -2.47. The van der Waals surface area contributed by atoms with Gasteiger partial charge < -0.3 is 15.2 Å². The van der Waals surface area contributed by atoms with Gasteiger partial charge in [0.2, 0.25) is 5.91 Å². The minimum atomic E-state index is -0.476. The summed E-state index contributed by atoms with van der Waals surface area (Å²) in [6.45, 7) is 4.31. The largest absolute Gasteiger partial charge is 0.342 e. The SMILES string of the molecule is CC(=O)NC1(c2nc(C3CNCCN3C)no2)CCCCC1.Cl. The number of amides is 1. The van der Waals surface area contributed by atoms with Gasteiger partial charge in [-0.1, -0.05) is 24.4 Å². The second-order valence-corrected chi connectivity index (χ2v) is 6.48. The highest BCUT2D eigenvalue weighted by Crippen LogP contribution is 2.36. The fraction of sp³-hybridized carbons (Fsp3) is 0.800. The minimum Gasteiger partial charge on any atom is -0.342 e. The maximum absolute atomic E-state index is 11.6. The van der Waals surface area contributed by atoms with Gasteiger partial charge in [-0.2, -0.15) is 4.98 Å². The van der Waals surface area contributed by atoms with Crippen LogP contribution in [0.2, 0.25) is 0 Å². The Bertz CT molecular complexity index is 530. The van der Waals surface area contributed by atoms with Crippen molar-refractivity contribution in [3.8, 4) is 0 Å². The summed E-state index contributed by atoms with van der Waals surface area (Å²) < 4.78 is 5.58. The van der Waals surface area contributed by atoms with Crippen molar-refractivity contribution in [3.63, 3.8) is 0 Å². The summed E-state index contributed by atoms with van der Waals surface area (Å²) in [6.07, 6.45) is 5.07. The van der Waals surface area contributed by atoms with Crippen molar-refractivity contribution in [1.29, 1.82) is 0 Å². The second-order valence-electron chi connectivity index (χ2n) is 6.48. The number of hydrogen-bond donors (Lipinski definition) is 2. The van der Waals surface area contributed by atoms with E-state index in [1.54, 1.807) is 6.92 Å². The molecule has 3 rings (SSSR count). The van der Waals surface area contributed by atoms with E-state index in [1.807, 2.05) is 0 Å². The highest BCUT2D eigenvalue weighted by Gasteiger charge is 2.40. The molecular weight excluding hydrogens is 318 g/mol. The van der Waals surface area contributed by atoms with Gasteiger partial charge in [0.15, 0.2) is 5.82 Å². The number of hydrogen-bond acceptors (Lipinski definition) is 6. The van der Waals surface area contributed by atoms with Gasteiger partial charge in [0, 0.05) is 26.6 Å². The number of halogens is 1. The molecule has 23 heavy (non-hydrogen) atoms. The zero-order chi connectivity index (χ0) is 15.6. The molecule has 2 fully saturated rings. The van der Waals surface area contributed by atoms with Gasteiger partial charge >= 0.3 is 0 Å². The number of nitrogens with one attached hydrogen (secondary N) is 2. The molecule has 1 aromatic heterocycles. The second kappa shape index (κ2) is 7.59. The lowest BCUT2D eigenvalue weighted by Gasteiger charge is -2.34. The van der Waals surface area contributed by atoms with E-state index in [2.05, 4.69) is 32.7 Å². The van der Waals surface area contributed by atoms with E-state index in [-0.39, 0.29) is 24.4 Å². The first kappa shape index (κ1) is 18.2. The van der Waals surface area contributed by atoms with Crippen LogP contribution in [0.4, 0.5) is 0 Å². The Morgan fingerprint density at radius 3 is 2.78 bits per heavy atom. The molecule has 1 aliphatic carbocycles. The Balaban J connectivity index is 0.00000192. The van der Waals surface area contributed by atoms with Crippen LogP contribution in [-0.2, 0) is 10.3 Å². The standard InChI is InChI=1S/C15H25N5O2.ClH/c1-11(21)18-15(6-4-3-5-7-15)14-17-13(19-22-14)12-10-16-8-9-20(12)2;/h12,16H,3-10H2,1-2H3,(H,18,21);1H. The molecule has 7 nitrogen and oxygen atoms in total. The first-order valence-corrected chi connectivity index (χ1v) is 8.14. The van der Waals surface area contributed by atoms with Crippen molar-refractivity contribution in [2.75, 3.05) is 26.7 Å². The third-order valence-electron chi connectivity index (χ3n) is 4.78. The quantitative estimate of drug-likeness (QED) is 0.862. The van der Waals surface area contributed by atoms with Crippen molar-refractivity contribution >= 4 is 18.3 Å². The van der Waals surface area contributed by atoms with Crippen molar-refractivity contribution < 1.29 is 9.32 Å². The normalized spacial score (nSPS) is 24.7. The van der Waals surface area contributed by atoms with E-state index in [9.17, 15) is 4.79 Å². The van der Waals surface area contributed by atoms with Gasteiger partial charge in [0.05, 0.1) is 6.04 Å². The Labute approximate surface area is 143 Å². The average molecular weight is 344 g/mol. The van der Waals surface area contributed by atoms with Gasteiger partial charge in [-0.15, -0.1) is 12.4 Å². The number of rotatable bonds is 3. The summed E-state index contributed by atoms with van der Waals surface area (Å²) in [7, 11) is 2.08. The Kier molecular flexibility index (Phi) is 6.00. The van der Waals surface area contributed by atoms with E-state index in [0.717, 1.165) is 45.3 Å². The van der Waals surface area contributed by atoms with Crippen LogP contribution in [0.5, 0.6) is 0 Å². The predicted molar refractivity (Wildman–Crippen MR) is 88.4 cm³/mol. The molecule has 0 spiro atoms. The first-order valence-electron chi connectivity index (χ1n) is 8.14. The molecule has 0 bridgehead atoms. The molecule has 1 saturated heterocycles. The van der Waals surface area contributed by atoms with Crippen LogP contribution in [0.3, 0.4) is 0 Å². The predicted octanol–water partition coefficient (Wildman–Crippen LogP) is 1.36. The smallest absolute Gasteiger partial charge is 0.252 e. The Morgan fingerprint density at radius 2 is 2.13 bits per heavy atom. The van der Waals surface area contributed by atoms with Crippen molar-refractivity contribution in [1.82, 2.24) is 25.7 Å². The molecule has 2 heterocycles. The van der Waals surface area contributed by atoms with Crippen LogP contribution < -0.4 is 10.6 Å². The van der Waals surface area contributed by atoms with Crippen molar-refractivity contribution in [3.05, 3.63) is 11.7 Å². The van der Waals surface area contributed by atoms with Crippen LogP contribution in [-0.4, -0.2) is 47.6 Å². The Hall–Kier alpha value is -1.18. The zero-order valence-corrected chi connectivity index (χ0v) is 14.6. The van der Waals surface area contributed by atoms with Gasteiger partial charge in [0.1, 0.15) is 5.54 Å². The van der Waals surface area contributed by atoms with E-state index >= 15 is 0 Å². The number of carbonyl (C=O) groups excluding carboxylic acids is 1. The number of nitrogens with zero attached hydrogens (tertiary/aromatic N) is 3. The average Bonchev–Trinajstić information content (AvgIpc) is 2.98. The molecule has 2 N–H and O–H groups in total. The Morgan fingerprint density at radius 1 is 1.39 bits per heavy atom. The fourth-order valence-electron chi connectivity index (χ4n) is 3.54. The van der Waals surface area contributed by atoms with Gasteiger partial charge in [-0.05, 0) is 19.9 Å². The van der Waals surface area contributed by atoms with E-state index < -0.39 is 5.54 Å². The fourth-order valence-corrected chi connectivity index (χ4v) is 3.54. The lowest BCUT2D eigenvalue weighted by molar-refractivity contribution is -0.121. The van der Waals surface area contributed by atoms with Gasteiger partial charge in [-0.3, -0.25) is 9.69 Å². The summed E-state index contributed by atoms with van der Waals surface area (Å²) in [6, 6.07) is 0.129. The van der Waals surface area contributed by atoms with Crippen LogP contribution in [0.25, 0.3) is 0 Å². The summed E-state index contributed by atoms with van der Waals surface area (Å²) in [5.74, 6) is 1.23. The highest BCUT2D eigenvalue weighted by molar-refractivity contribution is 5.85. The summed E-state index contributed by atoms with van der Waals surface area (Å²) in [5, 5.41) is 10.6. The molecule has 1 aromatic rings. The van der Waals surface area contributed by atoms with Crippen LogP contribution >= 0.6 is 12.4 Å². The van der Waals surface area contributed by atoms with Crippen LogP contribution in [0, 0.1) is 0 Å². The summed E-state index contributed by atoms with van der Waals surface area (Å²) in [4.78, 5) is 18.5. The molecule has 1 aliphatic heterocycles. The van der Waals surface area contributed by atoms with E-state index in [0.29, 0.717) is 11.7 Å². The van der Waals surface area contributed by atoms with Gasteiger partial charge in [0.25, 0.3) is 5.89 Å². The van der Waals surface area contributed by atoms with Crippen LogP contribution in [0.1, 0.15) is 56.8 Å². The molecule has 1 amide bonds. The number of likely N-dealkylation sites (N-methyl/N-ethyl adjacent to an activating group) is 1. The molecule has 130 valence electrons. The van der Waals surface area contributed by atoms with Crippen molar-refractivity contribution in [2.24, 2.45) is 0 Å². The third-order valence-corrected chi connectivity index (χ3v) is 4.78. The van der Waals surface area contributed by atoms with E-state index in [1.165, 1.54) is 6.42 Å². The molecule has 2 aliphatic rings. The molecule has 8 heteroatoms. The summed E-state index contributed by atoms with van der Waals surface area (Å²) >= 11 is 0. The number of aromatic nitrogens is 2. The number of piperazine rings is 1. The lowest BCUT2D eigenvalue weighted by atomic mass is 9.81. The molecule has 1 saturated carbocycles.